The molecule has 3 rings (SSSR count). The third-order valence-corrected chi connectivity index (χ3v) is 7.43. The molecule has 162 valence electrons. The third kappa shape index (κ3) is 4.47. The molecule has 0 aliphatic heterocycles. The van der Waals surface area contributed by atoms with Gasteiger partial charge in [0.25, 0.3) is 11.2 Å². The van der Waals surface area contributed by atoms with Crippen molar-refractivity contribution >= 4 is 38.9 Å². The molecule has 0 saturated carbocycles. The van der Waals surface area contributed by atoms with Crippen LogP contribution in [0.4, 0.5) is 5.69 Å². The van der Waals surface area contributed by atoms with E-state index in [1.165, 1.54) is 55.7 Å². The molecule has 0 spiro atoms. The highest BCUT2D eigenvalue weighted by atomic mass is 35.5. The van der Waals surface area contributed by atoms with Crippen molar-refractivity contribution in [2.24, 2.45) is 0 Å². The Morgan fingerprint density at radius 2 is 1.81 bits per heavy atom. The summed E-state index contributed by atoms with van der Waals surface area (Å²) in [5, 5.41) is 14.7. The van der Waals surface area contributed by atoms with Gasteiger partial charge in [-0.05, 0) is 36.8 Å². The molecule has 0 radical (unpaired) electrons. The van der Waals surface area contributed by atoms with Crippen LogP contribution in [-0.2, 0) is 10.0 Å². The Morgan fingerprint density at radius 1 is 1.16 bits per heavy atom. The fourth-order valence-electron chi connectivity index (χ4n) is 2.84. The highest BCUT2D eigenvalue weighted by Gasteiger charge is 2.27. The molecule has 0 saturated heterocycles. The van der Waals surface area contributed by atoms with Gasteiger partial charge in [0.2, 0.25) is 10.0 Å². The molecule has 0 amide bonds. The normalized spacial score (nSPS) is 12.7. The van der Waals surface area contributed by atoms with Gasteiger partial charge in [-0.25, -0.2) is 8.42 Å². The van der Waals surface area contributed by atoms with E-state index in [1.807, 2.05) is 0 Å². The first-order valence-corrected chi connectivity index (χ1v) is 11.0. The maximum atomic E-state index is 13.0. The topological polar surface area (TPSA) is 115 Å². The van der Waals surface area contributed by atoms with Gasteiger partial charge in [-0.2, -0.15) is 14.1 Å². The summed E-state index contributed by atoms with van der Waals surface area (Å²) in [5.41, 5.74) is 0.0145. The molecule has 0 aliphatic rings. The number of non-ortho nitro benzene ring substituents is 1. The molecule has 9 nitrogen and oxygen atoms in total. The Balaban J connectivity index is 1.91. The number of nitro benzene ring substituents is 1. The van der Waals surface area contributed by atoms with Crippen LogP contribution in [0.15, 0.2) is 64.4 Å². The van der Waals surface area contributed by atoms with E-state index in [4.69, 9.17) is 23.2 Å². The highest BCUT2D eigenvalue weighted by Crippen LogP contribution is 2.28. The first kappa shape index (κ1) is 22.9. The number of nitrogens with zero attached hydrogens (tertiary/aromatic N) is 4. The molecule has 1 unspecified atom stereocenters. The molecular formula is C19H16Cl2N4O5S. The minimum atomic E-state index is -3.93. The molecule has 0 fully saturated rings. The van der Waals surface area contributed by atoms with Gasteiger partial charge in [0, 0.05) is 25.2 Å². The second-order valence-electron chi connectivity index (χ2n) is 6.57. The molecule has 0 bridgehead atoms. The fraction of sp³-hybridized carbons (Fsp3) is 0.158. The van der Waals surface area contributed by atoms with Crippen LogP contribution >= 0.6 is 23.2 Å². The summed E-state index contributed by atoms with van der Waals surface area (Å²) in [7, 11) is -2.55. The number of nitro groups is 1. The molecule has 3 aromatic rings. The summed E-state index contributed by atoms with van der Waals surface area (Å²) in [6.45, 7) is 1.63. The lowest BCUT2D eigenvalue weighted by Gasteiger charge is -2.24. The van der Waals surface area contributed by atoms with Crippen LogP contribution in [0.5, 0.6) is 0 Å². The standard InChI is InChI=1S/C19H16Cl2N4O5S/c1-12(13-4-3-5-15(10-13)25(27)28)23(2)31(29,30)16-8-6-14(7-9-16)24-19(26)18(21)17(20)11-22-24/h3-12H,1-2H3. The Kier molecular flexibility index (Phi) is 6.46. The molecular weight excluding hydrogens is 467 g/mol. The van der Waals surface area contributed by atoms with Crippen molar-refractivity contribution in [3.8, 4) is 5.69 Å². The molecule has 0 N–H and O–H groups in total. The van der Waals surface area contributed by atoms with Gasteiger partial charge < -0.3 is 0 Å². The van der Waals surface area contributed by atoms with Crippen molar-refractivity contribution in [2.75, 3.05) is 7.05 Å². The number of hydrogen-bond acceptors (Lipinski definition) is 6. The molecule has 12 heteroatoms. The van der Waals surface area contributed by atoms with Crippen LogP contribution in [0, 0.1) is 10.1 Å². The number of sulfonamides is 1. The third-order valence-electron chi connectivity index (χ3n) is 4.74. The Bertz CT molecular complexity index is 1310. The van der Waals surface area contributed by atoms with Crippen molar-refractivity contribution in [1.82, 2.24) is 14.1 Å². The Labute approximate surface area is 187 Å². The second-order valence-corrected chi connectivity index (χ2v) is 9.35. The first-order chi connectivity index (χ1) is 14.5. The lowest BCUT2D eigenvalue weighted by Crippen LogP contribution is -2.30. The van der Waals surface area contributed by atoms with Crippen molar-refractivity contribution in [3.63, 3.8) is 0 Å². The zero-order valence-electron chi connectivity index (χ0n) is 16.3. The summed E-state index contributed by atoms with van der Waals surface area (Å²) in [5.74, 6) is 0. The summed E-state index contributed by atoms with van der Waals surface area (Å²) < 4.78 is 28.2. The second kappa shape index (κ2) is 8.75. The van der Waals surface area contributed by atoms with E-state index >= 15 is 0 Å². The lowest BCUT2D eigenvalue weighted by molar-refractivity contribution is -0.384. The Hall–Kier alpha value is -2.79. The smallest absolute Gasteiger partial charge is 0.266 e. The van der Waals surface area contributed by atoms with E-state index in [-0.39, 0.29) is 20.6 Å². The van der Waals surface area contributed by atoms with Gasteiger partial charge in [0.1, 0.15) is 5.02 Å². The van der Waals surface area contributed by atoms with Gasteiger partial charge in [-0.3, -0.25) is 14.9 Å². The molecule has 1 atom stereocenters. The molecule has 1 heterocycles. The molecule has 2 aromatic carbocycles. The largest absolute Gasteiger partial charge is 0.291 e. The SMILES string of the molecule is CC(c1cccc([N+](=O)[O-])c1)N(C)S(=O)(=O)c1ccc(-n2ncc(Cl)c(Cl)c2=O)cc1. The molecule has 0 aliphatic carbocycles. The van der Waals surface area contributed by atoms with Crippen molar-refractivity contribution < 1.29 is 13.3 Å². The van der Waals surface area contributed by atoms with E-state index in [1.54, 1.807) is 13.0 Å². The van der Waals surface area contributed by atoms with Gasteiger partial charge in [-0.15, -0.1) is 0 Å². The maximum absolute atomic E-state index is 13.0. The van der Waals surface area contributed by atoms with Gasteiger partial charge in [0.15, 0.2) is 0 Å². The van der Waals surface area contributed by atoms with Crippen molar-refractivity contribution in [2.45, 2.75) is 17.9 Å². The number of hydrogen-bond donors (Lipinski definition) is 0. The fourth-order valence-corrected chi connectivity index (χ4v) is 4.44. The Morgan fingerprint density at radius 3 is 2.42 bits per heavy atom. The van der Waals surface area contributed by atoms with Crippen molar-refractivity contribution in [3.05, 3.63) is 90.8 Å². The van der Waals surface area contributed by atoms with Crippen LogP contribution in [0.1, 0.15) is 18.5 Å². The zero-order chi connectivity index (χ0) is 22.9. The van der Waals surface area contributed by atoms with E-state index in [0.717, 1.165) is 8.99 Å². The quantitative estimate of drug-likeness (QED) is 0.389. The van der Waals surface area contributed by atoms with Crippen LogP contribution in [0.25, 0.3) is 5.69 Å². The monoisotopic (exact) mass is 482 g/mol. The van der Waals surface area contributed by atoms with Crippen molar-refractivity contribution in [1.29, 1.82) is 0 Å². The van der Waals surface area contributed by atoms with Crippen LogP contribution < -0.4 is 5.56 Å². The predicted octanol–water partition coefficient (Wildman–Crippen LogP) is 3.83. The van der Waals surface area contributed by atoms with E-state index in [2.05, 4.69) is 5.10 Å². The van der Waals surface area contributed by atoms with E-state index in [9.17, 15) is 23.3 Å². The average molecular weight is 483 g/mol. The van der Waals surface area contributed by atoms with E-state index < -0.39 is 26.5 Å². The van der Waals surface area contributed by atoms with E-state index in [0.29, 0.717) is 11.3 Å². The predicted molar refractivity (Wildman–Crippen MR) is 116 cm³/mol. The zero-order valence-corrected chi connectivity index (χ0v) is 18.6. The summed E-state index contributed by atoms with van der Waals surface area (Å²) >= 11 is 11.6. The maximum Gasteiger partial charge on any atom is 0.291 e. The van der Waals surface area contributed by atoms with Crippen LogP contribution in [0.3, 0.4) is 0 Å². The number of aromatic nitrogens is 2. The van der Waals surface area contributed by atoms with Gasteiger partial charge in [-0.1, -0.05) is 35.3 Å². The van der Waals surface area contributed by atoms with Gasteiger partial charge in [0.05, 0.1) is 26.7 Å². The summed E-state index contributed by atoms with van der Waals surface area (Å²) in [4.78, 5) is 22.7. The molecule has 31 heavy (non-hydrogen) atoms. The lowest BCUT2D eigenvalue weighted by atomic mass is 10.1. The van der Waals surface area contributed by atoms with Crippen LogP contribution in [0.2, 0.25) is 10.0 Å². The number of benzene rings is 2. The summed E-state index contributed by atoms with van der Waals surface area (Å²) in [6.07, 6.45) is 1.21. The summed E-state index contributed by atoms with van der Waals surface area (Å²) in [6, 6.07) is 10.6. The minimum Gasteiger partial charge on any atom is -0.266 e. The first-order valence-electron chi connectivity index (χ1n) is 8.80. The minimum absolute atomic E-state index is 0.0128. The van der Waals surface area contributed by atoms with Crippen LogP contribution in [-0.4, -0.2) is 34.5 Å². The highest BCUT2D eigenvalue weighted by molar-refractivity contribution is 7.89. The number of rotatable bonds is 6. The number of halogens is 2. The van der Waals surface area contributed by atoms with Gasteiger partial charge >= 0.3 is 0 Å². The molecule has 1 aromatic heterocycles. The average Bonchev–Trinajstić information content (AvgIpc) is 2.76.